The van der Waals surface area contributed by atoms with Gasteiger partial charge in [-0.2, -0.15) is 0 Å². The first kappa shape index (κ1) is 15.8. The summed E-state index contributed by atoms with van der Waals surface area (Å²) in [6.45, 7) is 1.66. The van der Waals surface area contributed by atoms with E-state index in [1.54, 1.807) is 19.1 Å². The number of aliphatic hydroxyl groups excluding tert-OH is 1. The maximum Gasteiger partial charge on any atom is 0.338 e. The lowest BCUT2D eigenvalue weighted by Gasteiger charge is -2.29. The van der Waals surface area contributed by atoms with Crippen molar-refractivity contribution < 1.29 is 24.5 Å². The van der Waals surface area contributed by atoms with Gasteiger partial charge in [0.15, 0.2) is 0 Å². The van der Waals surface area contributed by atoms with Gasteiger partial charge in [-0.3, -0.25) is 0 Å². The van der Waals surface area contributed by atoms with E-state index in [9.17, 15) is 14.7 Å². The molecular weight excluding hydrogens is 288 g/mol. The number of hydrogen-bond acceptors (Lipinski definition) is 5. The summed E-state index contributed by atoms with van der Waals surface area (Å²) in [7, 11) is 0. The van der Waals surface area contributed by atoms with E-state index in [1.165, 1.54) is 12.1 Å². The van der Waals surface area contributed by atoms with Gasteiger partial charge in [-0.15, -0.1) is 0 Å². The van der Waals surface area contributed by atoms with Crippen molar-refractivity contribution in [1.82, 2.24) is 10.6 Å². The SMILES string of the molecule is CCOC(=O)C1=C(CCO)NC(=O)NC1c1cccc(O)c1. The van der Waals surface area contributed by atoms with Crippen molar-refractivity contribution in [1.29, 1.82) is 0 Å². The van der Waals surface area contributed by atoms with Gasteiger partial charge in [0.05, 0.1) is 18.2 Å². The molecule has 1 heterocycles. The van der Waals surface area contributed by atoms with Crippen molar-refractivity contribution in [2.24, 2.45) is 0 Å². The predicted octanol–water partition coefficient (Wildman–Crippen LogP) is 0.946. The third-order valence-electron chi connectivity index (χ3n) is 3.21. The first-order chi connectivity index (χ1) is 10.6. The van der Waals surface area contributed by atoms with Crippen LogP contribution in [-0.2, 0) is 9.53 Å². The molecule has 0 bridgehead atoms. The van der Waals surface area contributed by atoms with Gasteiger partial charge < -0.3 is 25.6 Å². The number of benzene rings is 1. The number of esters is 1. The largest absolute Gasteiger partial charge is 0.508 e. The molecule has 1 aliphatic rings. The minimum Gasteiger partial charge on any atom is -0.508 e. The van der Waals surface area contributed by atoms with Gasteiger partial charge in [0.2, 0.25) is 0 Å². The van der Waals surface area contributed by atoms with Crippen LogP contribution in [0.2, 0.25) is 0 Å². The van der Waals surface area contributed by atoms with Crippen LogP contribution in [0.15, 0.2) is 35.5 Å². The zero-order chi connectivity index (χ0) is 16.1. The van der Waals surface area contributed by atoms with Crippen LogP contribution in [0.25, 0.3) is 0 Å². The average molecular weight is 306 g/mol. The normalized spacial score (nSPS) is 17.7. The quantitative estimate of drug-likeness (QED) is 0.606. The summed E-state index contributed by atoms with van der Waals surface area (Å²) in [5, 5.41) is 23.9. The number of phenols is 1. The molecule has 2 rings (SSSR count). The zero-order valence-electron chi connectivity index (χ0n) is 12.1. The Morgan fingerprint density at radius 3 is 2.82 bits per heavy atom. The molecule has 1 unspecified atom stereocenters. The molecule has 0 aromatic heterocycles. The van der Waals surface area contributed by atoms with Crippen LogP contribution in [-0.4, -0.2) is 35.4 Å². The molecule has 0 spiro atoms. The van der Waals surface area contributed by atoms with E-state index >= 15 is 0 Å². The number of phenolic OH excluding ortho intramolecular Hbond substituents is 1. The number of urea groups is 1. The van der Waals surface area contributed by atoms with E-state index in [2.05, 4.69) is 10.6 Å². The summed E-state index contributed by atoms with van der Waals surface area (Å²) in [5.41, 5.74) is 1.09. The summed E-state index contributed by atoms with van der Waals surface area (Å²) in [5.74, 6) is -0.552. The van der Waals surface area contributed by atoms with Gasteiger partial charge >= 0.3 is 12.0 Å². The second-order valence-electron chi connectivity index (χ2n) is 4.71. The molecule has 22 heavy (non-hydrogen) atoms. The Morgan fingerprint density at radius 2 is 2.18 bits per heavy atom. The van der Waals surface area contributed by atoms with Crippen LogP contribution < -0.4 is 10.6 Å². The van der Waals surface area contributed by atoms with Crippen molar-refractivity contribution in [3.05, 3.63) is 41.1 Å². The molecule has 0 saturated carbocycles. The van der Waals surface area contributed by atoms with Crippen LogP contribution in [0.1, 0.15) is 24.9 Å². The van der Waals surface area contributed by atoms with E-state index < -0.39 is 18.0 Å². The van der Waals surface area contributed by atoms with Crippen LogP contribution in [0.3, 0.4) is 0 Å². The summed E-state index contributed by atoms with van der Waals surface area (Å²) in [6.07, 6.45) is 0.122. The van der Waals surface area contributed by atoms with E-state index in [0.29, 0.717) is 11.3 Å². The van der Waals surface area contributed by atoms with E-state index in [1.807, 2.05) is 0 Å². The molecule has 0 fully saturated rings. The maximum absolute atomic E-state index is 12.2. The molecule has 2 amide bonds. The van der Waals surface area contributed by atoms with Crippen molar-refractivity contribution in [2.45, 2.75) is 19.4 Å². The molecule has 118 valence electrons. The highest BCUT2D eigenvalue weighted by Gasteiger charge is 2.33. The fourth-order valence-electron chi connectivity index (χ4n) is 2.33. The molecule has 4 N–H and O–H groups in total. The van der Waals surface area contributed by atoms with Crippen molar-refractivity contribution in [2.75, 3.05) is 13.2 Å². The highest BCUT2D eigenvalue weighted by molar-refractivity contribution is 5.95. The monoisotopic (exact) mass is 306 g/mol. The van der Waals surface area contributed by atoms with Gasteiger partial charge in [-0.25, -0.2) is 9.59 Å². The van der Waals surface area contributed by atoms with Gasteiger partial charge in [0, 0.05) is 18.7 Å². The summed E-state index contributed by atoms with van der Waals surface area (Å²) >= 11 is 0. The highest BCUT2D eigenvalue weighted by atomic mass is 16.5. The number of carbonyl (C=O) groups is 2. The number of amides is 2. The van der Waals surface area contributed by atoms with E-state index in [4.69, 9.17) is 9.84 Å². The molecule has 0 aliphatic carbocycles. The molecule has 7 nitrogen and oxygen atoms in total. The Morgan fingerprint density at radius 1 is 1.41 bits per heavy atom. The van der Waals surface area contributed by atoms with Gasteiger partial charge in [-0.05, 0) is 24.6 Å². The molecule has 0 saturated heterocycles. The summed E-state index contributed by atoms with van der Waals surface area (Å²) in [4.78, 5) is 24.0. The fraction of sp³-hybridized carbons (Fsp3) is 0.333. The van der Waals surface area contributed by atoms with Crippen LogP contribution in [0.5, 0.6) is 5.75 Å². The van der Waals surface area contributed by atoms with Crippen molar-refractivity contribution >= 4 is 12.0 Å². The fourth-order valence-corrected chi connectivity index (χ4v) is 2.33. The minimum atomic E-state index is -0.749. The Hall–Kier alpha value is -2.54. The van der Waals surface area contributed by atoms with Gasteiger partial charge in [-0.1, -0.05) is 12.1 Å². The second kappa shape index (κ2) is 6.95. The van der Waals surface area contributed by atoms with E-state index in [0.717, 1.165) is 0 Å². The molecule has 1 aromatic carbocycles. The van der Waals surface area contributed by atoms with Crippen LogP contribution in [0.4, 0.5) is 4.79 Å². The predicted molar refractivity (Wildman–Crippen MR) is 77.9 cm³/mol. The molecular formula is C15H18N2O5. The number of aromatic hydroxyl groups is 1. The lowest BCUT2D eigenvalue weighted by Crippen LogP contribution is -2.46. The lowest BCUT2D eigenvalue weighted by molar-refractivity contribution is -0.139. The summed E-state index contributed by atoms with van der Waals surface area (Å²) in [6, 6.07) is 5.03. The van der Waals surface area contributed by atoms with Gasteiger partial charge in [0.25, 0.3) is 0 Å². The van der Waals surface area contributed by atoms with Crippen molar-refractivity contribution in [3.63, 3.8) is 0 Å². The summed E-state index contributed by atoms with van der Waals surface area (Å²) < 4.78 is 5.04. The standard InChI is InChI=1S/C15H18N2O5/c1-2-22-14(20)12-11(6-7-18)16-15(21)17-13(12)9-4-3-5-10(19)8-9/h3-5,8,13,18-19H,2,6-7H2,1H3,(H2,16,17,21). The average Bonchev–Trinajstić information content (AvgIpc) is 2.47. The third-order valence-corrected chi connectivity index (χ3v) is 3.21. The number of hydrogen-bond donors (Lipinski definition) is 4. The lowest BCUT2D eigenvalue weighted by atomic mass is 9.94. The Labute approximate surface area is 127 Å². The Kier molecular flexibility index (Phi) is 5.00. The molecule has 1 aliphatic heterocycles. The molecule has 1 atom stereocenters. The zero-order valence-corrected chi connectivity index (χ0v) is 12.1. The second-order valence-corrected chi connectivity index (χ2v) is 4.71. The maximum atomic E-state index is 12.2. The topological polar surface area (TPSA) is 108 Å². The number of carbonyl (C=O) groups excluding carboxylic acids is 2. The number of nitrogens with one attached hydrogen (secondary N) is 2. The van der Waals surface area contributed by atoms with E-state index in [-0.39, 0.29) is 31.0 Å². The molecule has 1 aromatic rings. The first-order valence-corrected chi connectivity index (χ1v) is 6.94. The molecule has 7 heteroatoms. The van der Waals surface area contributed by atoms with Gasteiger partial charge in [0.1, 0.15) is 5.75 Å². The number of rotatable bonds is 5. The Balaban J connectivity index is 2.49. The molecule has 0 radical (unpaired) electrons. The van der Waals surface area contributed by atoms with Crippen molar-refractivity contribution in [3.8, 4) is 5.75 Å². The number of aliphatic hydroxyl groups is 1. The first-order valence-electron chi connectivity index (χ1n) is 6.94. The van der Waals surface area contributed by atoms with Crippen LogP contribution >= 0.6 is 0 Å². The highest BCUT2D eigenvalue weighted by Crippen LogP contribution is 2.30. The van der Waals surface area contributed by atoms with Crippen LogP contribution in [0, 0.1) is 0 Å². The third kappa shape index (κ3) is 3.37. The number of ether oxygens (including phenoxy) is 1. The smallest absolute Gasteiger partial charge is 0.338 e. The Bertz CT molecular complexity index is 612. The minimum absolute atomic E-state index is 0.0252.